The second kappa shape index (κ2) is 17.4. The molecular formula is C23H48O6. The van der Waals surface area contributed by atoms with Gasteiger partial charge >= 0.3 is 0 Å². The van der Waals surface area contributed by atoms with Crippen molar-refractivity contribution >= 4 is 0 Å². The van der Waals surface area contributed by atoms with E-state index in [1.54, 1.807) is 0 Å². The Morgan fingerprint density at radius 2 is 0.621 bits per heavy atom. The van der Waals surface area contributed by atoms with Gasteiger partial charge < -0.3 is 28.4 Å². The summed E-state index contributed by atoms with van der Waals surface area (Å²) < 4.78 is 34.7. The maximum atomic E-state index is 5.84. The lowest BCUT2D eigenvalue weighted by molar-refractivity contribution is -0.102. The SMILES string of the molecule is CCC(C)OCC(C)OCC(C)OCC(C)OCC(C)OCC(C)OCC(C)C. The van der Waals surface area contributed by atoms with Gasteiger partial charge in [-0.15, -0.1) is 0 Å². The summed E-state index contributed by atoms with van der Waals surface area (Å²) in [5.41, 5.74) is 0. The van der Waals surface area contributed by atoms with Gasteiger partial charge in [-0.2, -0.15) is 0 Å². The summed E-state index contributed by atoms with van der Waals surface area (Å²) in [6, 6.07) is 0. The fraction of sp³-hybridized carbons (Fsp3) is 1.00. The van der Waals surface area contributed by atoms with E-state index in [0.29, 0.717) is 39.0 Å². The molecule has 0 saturated heterocycles. The highest BCUT2D eigenvalue weighted by Crippen LogP contribution is 2.05. The second-order valence-corrected chi connectivity index (χ2v) is 8.67. The molecule has 0 amide bonds. The van der Waals surface area contributed by atoms with Crippen LogP contribution >= 0.6 is 0 Å². The van der Waals surface area contributed by atoms with E-state index in [4.69, 9.17) is 28.4 Å². The van der Waals surface area contributed by atoms with Gasteiger partial charge in [0.25, 0.3) is 0 Å². The van der Waals surface area contributed by atoms with E-state index in [1.807, 2.05) is 34.6 Å². The molecule has 0 radical (unpaired) electrons. The zero-order valence-electron chi connectivity index (χ0n) is 20.4. The smallest absolute Gasteiger partial charge is 0.0781 e. The molecule has 0 N–H and O–H groups in total. The van der Waals surface area contributed by atoms with Gasteiger partial charge in [-0.25, -0.2) is 0 Å². The fourth-order valence-electron chi connectivity index (χ4n) is 2.21. The highest BCUT2D eigenvalue weighted by molar-refractivity contribution is 4.58. The summed E-state index contributed by atoms with van der Waals surface area (Å²) in [7, 11) is 0. The molecule has 29 heavy (non-hydrogen) atoms. The molecule has 0 aliphatic carbocycles. The molecule has 0 aliphatic heterocycles. The molecule has 0 rings (SSSR count). The molecule has 0 aromatic heterocycles. The first-order chi connectivity index (χ1) is 13.6. The first-order valence-electron chi connectivity index (χ1n) is 11.3. The van der Waals surface area contributed by atoms with Crippen LogP contribution in [0.15, 0.2) is 0 Å². The van der Waals surface area contributed by atoms with Gasteiger partial charge in [0.05, 0.1) is 69.7 Å². The van der Waals surface area contributed by atoms with E-state index < -0.39 is 0 Å². The number of hydrogen-bond donors (Lipinski definition) is 0. The van der Waals surface area contributed by atoms with Crippen LogP contribution in [-0.2, 0) is 28.4 Å². The van der Waals surface area contributed by atoms with Gasteiger partial charge in [0.1, 0.15) is 0 Å². The summed E-state index contributed by atoms with van der Waals surface area (Å²) in [6.45, 7) is 22.1. The average molecular weight is 421 g/mol. The lowest BCUT2D eigenvalue weighted by Crippen LogP contribution is -2.29. The molecule has 0 heterocycles. The molecule has 0 aromatic rings. The van der Waals surface area contributed by atoms with Crippen LogP contribution in [0.4, 0.5) is 0 Å². The van der Waals surface area contributed by atoms with Crippen LogP contribution in [0.3, 0.4) is 0 Å². The Balaban J connectivity index is 3.76. The van der Waals surface area contributed by atoms with Crippen molar-refractivity contribution in [2.45, 2.75) is 105 Å². The predicted molar refractivity (Wildman–Crippen MR) is 118 cm³/mol. The van der Waals surface area contributed by atoms with Gasteiger partial charge in [0.2, 0.25) is 0 Å². The van der Waals surface area contributed by atoms with E-state index in [9.17, 15) is 0 Å². The van der Waals surface area contributed by atoms with Crippen molar-refractivity contribution in [2.24, 2.45) is 5.92 Å². The lowest BCUT2D eigenvalue weighted by atomic mass is 10.2. The maximum Gasteiger partial charge on any atom is 0.0781 e. The molecule has 0 bridgehead atoms. The quantitative estimate of drug-likeness (QED) is 0.307. The van der Waals surface area contributed by atoms with E-state index in [0.717, 1.165) is 13.0 Å². The Hall–Kier alpha value is -0.240. The molecule has 176 valence electrons. The third-order valence-electron chi connectivity index (χ3n) is 4.37. The largest absolute Gasteiger partial charge is 0.376 e. The summed E-state index contributed by atoms with van der Waals surface area (Å²) in [4.78, 5) is 0. The van der Waals surface area contributed by atoms with Crippen LogP contribution in [0, 0.1) is 5.92 Å². The standard InChI is InChI=1S/C23H48O6/c1-10-18(4)25-12-20(6)27-14-22(8)29-16-23(9)28-15-21(7)26-13-19(5)24-11-17(2)3/h17-23H,10-16H2,1-9H3. The number of hydrogen-bond acceptors (Lipinski definition) is 6. The zero-order chi connectivity index (χ0) is 22.2. The van der Waals surface area contributed by atoms with Gasteiger partial charge in [0, 0.05) is 6.61 Å². The minimum Gasteiger partial charge on any atom is -0.376 e. The third kappa shape index (κ3) is 18.3. The molecular weight excluding hydrogens is 372 g/mol. The minimum atomic E-state index is 0.00396. The second-order valence-electron chi connectivity index (χ2n) is 8.67. The molecule has 0 spiro atoms. The Bertz CT molecular complexity index is 365. The van der Waals surface area contributed by atoms with Crippen LogP contribution in [0.25, 0.3) is 0 Å². The van der Waals surface area contributed by atoms with Gasteiger partial charge in [-0.3, -0.25) is 0 Å². The molecule has 6 nitrogen and oxygen atoms in total. The highest BCUT2D eigenvalue weighted by atomic mass is 16.6. The van der Waals surface area contributed by atoms with Crippen LogP contribution in [0.1, 0.15) is 68.7 Å². The van der Waals surface area contributed by atoms with Crippen molar-refractivity contribution in [3.05, 3.63) is 0 Å². The molecule has 0 aliphatic rings. The van der Waals surface area contributed by atoms with Crippen LogP contribution in [0.5, 0.6) is 0 Å². The molecule has 6 atom stereocenters. The van der Waals surface area contributed by atoms with Crippen molar-refractivity contribution in [3.8, 4) is 0 Å². The number of rotatable bonds is 19. The Morgan fingerprint density at radius 1 is 0.379 bits per heavy atom. The fourth-order valence-corrected chi connectivity index (χ4v) is 2.21. The van der Waals surface area contributed by atoms with E-state index in [2.05, 4.69) is 27.7 Å². The van der Waals surface area contributed by atoms with E-state index in [-0.39, 0.29) is 36.6 Å². The summed E-state index contributed by atoms with van der Waals surface area (Å²) in [6.07, 6.45) is 1.49. The molecule has 0 saturated carbocycles. The van der Waals surface area contributed by atoms with Gasteiger partial charge in [0.15, 0.2) is 0 Å². The Labute approximate surface area is 179 Å². The monoisotopic (exact) mass is 420 g/mol. The summed E-state index contributed by atoms with van der Waals surface area (Å²) in [5.74, 6) is 0.535. The van der Waals surface area contributed by atoms with Crippen LogP contribution < -0.4 is 0 Å². The Morgan fingerprint density at radius 3 is 0.862 bits per heavy atom. The van der Waals surface area contributed by atoms with Crippen molar-refractivity contribution in [3.63, 3.8) is 0 Å². The molecule has 6 unspecified atom stereocenters. The number of ether oxygens (including phenoxy) is 6. The van der Waals surface area contributed by atoms with Crippen molar-refractivity contribution in [2.75, 3.05) is 39.6 Å². The van der Waals surface area contributed by atoms with Gasteiger partial charge in [-0.05, 0) is 53.9 Å². The first-order valence-corrected chi connectivity index (χ1v) is 11.3. The Kier molecular flexibility index (Phi) is 17.3. The van der Waals surface area contributed by atoms with E-state index >= 15 is 0 Å². The van der Waals surface area contributed by atoms with Crippen molar-refractivity contribution in [1.29, 1.82) is 0 Å². The zero-order valence-corrected chi connectivity index (χ0v) is 20.4. The summed E-state index contributed by atoms with van der Waals surface area (Å²) >= 11 is 0. The lowest BCUT2D eigenvalue weighted by Gasteiger charge is -2.22. The molecule has 0 aromatic carbocycles. The van der Waals surface area contributed by atoms with Crippen LogP contribution in [-0.4, -0.2) is 76.3 Å². The van der Waals surface area contributed by atoms with Crippen molar-refractivity contribution < 1.29 is 28.4 Å². The molecule has 0 fully saturated rings. The van der Waals surface area contributed by atoms with Gasteiger partial charge in [-0.1, -0.05) is 20.8 Å². The van der Waals surface area contributed by atoms with E-state index in [1.165, 1.54) is 0 Å². The highest BCUT2D eigenvalue weighted by Gasteiger charge is 2.13. The maximum absolute atomic E-state index is 5.84. The topological polar surface area (TPSA) is 55.4 Å². The third-order valence-corrected chi connectivity index (χ3v) is 4.37. The normalized spacial score (nSPS) is 18.4. The average Bonchev–Trinajstić information content (AvgIpc) is 2.69. The minimum absolute atomic E-state index is 0.00396. The van der Waals surface area contributed by atoms with Crippen LogP contribution in [0.2, 0.25) is 0 Å². The predicted octanol–water partition coefficient (Wildman–Crippen LogP) is 4.48. The first kappa shape index (κ1) is 28.8. The van der Waals surface area contributed by atoms with Crippen molar-refractivity contribution in [1.82, 2.24) is 0 Å². The molecule has 6 heteroatoms. The summed E-state index contributed by atoms with van der Waals surface area (Å²) in [5, 5.41) is 0.